The summed E-state index contributed by atoms with van der Waals surface area (Å²) in [6.07, 6.45) is -7.04. The Labute approximate surface area is 207 Å². The van der Waals surface area contributed by atoms with Crippen LogP contribution in [0.4, 0.5) is 0 Å². The quantitative estimate of drug-likeness (QED) is 0.270. The topological polar surface area (TPSA) is 140 Å². The number of benzene rings is 3. The average molecular weight is 494 g/mol. The van der Waals surface area contributed by atoms with E-state index in [0.717, 1.165) is 0 Å². The van der Waals surface area contributed by atoms with E-state index < -0.39 is 55.5 Å². The second-order valence-corrected chi connectivity index (χ2v) is 7.79. The zero-order valence-corrected chi connectivity index (χ0v) is 19.2. The summed E-state index contributed by atoms with van der Waals surface area (Å²) >= 11 is 0. The van der Waals surface area contributed by atoms with Gasteiger partial charge in [-0.3, -0.25) is 0 Å². The molecule has 9 heteroatoms. The van der Waals surface area contributed by atoms with Crippen LogP contribution < -0.4 is 0 Å². The highest BCUT2D eigenvalue weighted by molar-refractivity contribution is 5.90. The Morgan fingerprint density at radius 1 is 0.556 bits per heavy atom. The maximum absolute atomic E-state index is 12.6. The van der Waals surface area contributed by atoms with Gasteiger partial charge in [0.1, 0.15) is 31.5 Å². The monoisotopic (exact) mass is 494 g/mol. The van der Waals surface area contributed by atoms with Crippen molar-refractivity contribution < 1.29 is 43.9 Å². The van der Waals surface area contributed by atoms with E-state index in [0.29, 0.717) is 0 Å². The summed E-state index contributed by atoms with van der Waals surface area (Å²) in [5.41, 5.74) is 0.600. The molecule has 0 aliphatic carbocycles. The fourth-order valence-corrected chi connectivity index (χ4v) is 3.19. The molecule has 0 amide bonds. The highest BCUT2D eigenvalue weighted by Crippen LogP contribution is 2.15. The molecule has 0 radical (unpaired) electrons. The van der Waals surface area contributed by atoms with Gasteiger partial charge < -0.3 is 29.5 Å². The van der Waals surface area contributed by atoms with Crippen LogP contribution in [0.5, 0.6) is 0 Å². The molecule has 0 heterocycles. The predicted molar refractivity (Wildman–Crippen MR) is 127 cm³/mol. The summed E-state index contributed by atoms with van der Waals surface area (Å²) in [4.78, 5) is 36.9. The number of carbonyl (C=O) groups excluding carboxylic acids is 3. The molecule has 3 N–H and O–H groups in total. The molecular weight excluding hydrogens is 468 g/mol. The summed E-state index contributed by atoms with van der Waals surface area (Å²) in [6.45, 7) is -1.29. The van der Waals surface area contributed by atoms with E-state index in [2.05, 4.69) is 0 Å². The van der Waals surface area contributed by atoms with Crippen molar-refractivity contribution in [2.24, 2.45) is 0 Å². The molecule has 0 spiro atoms. The molecule has 4 atom stereocenters. The Morgan fingerprint density at radius 3 is 1.33 bits per heavy atom. The Kier molecular flexibility index (Phi) is 9.70. The molecule has 0 aliphatic rings. The van der Waals surface area contributed by atoms with Crippen molar-refractivity contribution in [1.82, 2.24) is 0 Å². The average Bonchev–Trinajstić information content (AvgIpc) is 2.93. The lowest BCUT2D eigenvalue weighted by Crippen LogP contribution is -2.50. The van der Waals surface area contributed by atoms with Crippen LogP contribution in [0.3, 0.4) is 0 Å². The number of ether oxygens (including phenoxy) is 3. The largest absolute Gasteiger partial charge is 0.459 e. The molecule has 3 aromatic carbocycles. The summed E-state index contributed by atoms with van der Waals surface area (Å²) in [5.74, 6) is -2.37. The van der Waals surface area contributed by atoms with Crippen molar-refractivity contribution in [3.8, 4) is 0 Å². The van der Waals surface area contributed by atoms with Gasteiger partial charge in [0.15, 0.2) is 6.10 Å². The minimum Gasteiger partial charge on any atom is -0.459 e. The van der Waals surface area contributed by atoms with E-state index in [1.165, 1.54) is 36.4 Å². The van der Waals surface area contributed by atoms with Crippen LogP contribution in [-0.2, 0) is 14.2 Å². The molecule has 3 rings (SSSR count). The highest BCUT2D eigenvalue weighted by Gasteiger charge is 2.37. The molecule has 0 aliphatic heterocycles. The standard InChI is InChI=1S/C27H26O9/c28-21(16-34-25(31)18-10-4-1-5-11-18)23(30)24(36-27(33)20-14-8-3-9-15-20)22(29)17-35-26(32)19-12-6-2-7-13-19/h1-15,21-24,28-30H,16-17H2/t21-,22-,23-,24-/m1/s1. The minimum atomic E-state index is -1.88. The lowest BCUT2D eigenvalue weighted by Gasteiger charge is -2.29. The van der Waals surface area contributed by atoms with Crippen LogP contribution in [0.1, 0.15) is 31.1 Å². The van der Waals surface area contributed by atoms with E-state index >= 15 is 0 Å². The van der Waals surface area contributed by atoms with Gasteiger partial charge in [-0.05, 0) is 36.4 Å². The first-order valence-electron chi connectivity index (χ1n) is 11.1. The van der Waals surface area contributed by atoms with Gasteiger partial charge >= 0.3 is 17.9 Å². The van der Waals surface area contributed by atoms with E-state index in [1.807, 2.05) is 0 Å². The van der Waals surface area contributed by atoms with Gasteiger partial charge in [-0.25, -0.2) is 14.4 Å². The Balaban J connectivity index is 1.67. The zero-order valence-electron chi connectivity index (χ0n) is 19.2. The molecule has 0 bridgehead atoms. The highest BCUT2D eigenvalue weighted by atomic mass is 16.6. The van der Waals surface area contributed by atoms with Crippen LogP contribution >= 0.6 is 0 Å². The van der Waals surface area contributed by atoms with Gasteiger partial charge in [0.2, 0.25) is 0 Å². The molecule has 0 fully saturated rings. The summed E-state index contributed by atoms with van der Waals surface area (Å²) < 4.78 is 15.4. The van der Waals surface area contributed by atoms with Crippen LogP contribution in [-0.4, -0.2) is 70.9 Å². The minimum absolute atomic E-state index is 0.133. The fourth-order valence-electron chi connectivity index (χ4n) is 3.19. The molecule has 0 saturated carbocycles. The Morgan fingerprint density at radius 2 is 0.917 bits per heavy atom. The van der Waals surface area contributed by atoms with Gasteiger partial charge in [0.25, 0.3) is 0 Å². The second-order valence-electron chi connectivity index (χ2n) is 7.79. The number of aliphatic hydroxyl groups excluding tert-OH is 3. The molecule has 36 heavy (non-hydrogen) atoms. The first-order chi connectivity index (χ1) is 17.4. The SMILES string of the molecule is O=C(OC[C@@H](O)[C@@H](O)[C@H](OC(=O)c1ccccc1)[C@H](O)COC(=O)c1ccccc1)c1ccccc1. The summed E-state index contributed by atoms with van der Waals surface area (Å²) in [7, 11) is 0. The fraction of sp³-hybridized carbons (Fsp3) is 0.222. The summed E-state index contributed by atoms with van der Waals surface area (Å²) in [6, 6.07) is 23.8. The zero-order chi connectivity index (χ0) is 25.9. The maximum atomic E-state index is 12.6. The predicted octanol–water partition coefficient (Wildman–Crippen LogP) is 2.01. The van der Waals surface area contributed by atoms with Crippen LogP contribution in [0.2, 0.25) is 0 Å². The van der Waals surface area contributed by atoms with E-state index in [1.54, 1.807) is 54.6 Å². The van der Waals surface area contributed by atoms with Crippen molar-refractivity contribution >= 4 is 17.9 Å². The van der Waals surface area contributed by atoms with Crippen molar-refractivity contribution in [3.05, 3.63) is 108 Å². The second kappa shape index (κ2) is 13.1. The third-order valence-corrected chi connectivity index (χ3v) is 5.15. The van der Waals surface area contributed by atoms with Crippen molar-refractivity contribution in [1.29, 1.82) is 0 Å². The summed E-state index contributed by atoms with van der Waals surface area (Å²) in [5, 5.41) is 31.8. The Hall–Kier alpha value is -4.05. The third kappa shape index (κ3) is 7.47. The number of hydrogen-bond donors (Lipinski definition) is 3. The molecule has 3 aromatic rings. The smallest absolute Gasteiger partial charge is 0.338 e. The Bertz CT molecular complexity index is 1120. The molecule has 0 saturated heterocycles. The number of carbonyl (C=O) groups is 3. The van der Waals surface area contributed by atoms with Crippen LogP contribution in [0, 0.1) is 0 Å². The molecule has 9 nitrogen and oxygen atoms in total. The maximum Gasteiger partial charge on any atom is 0.338 e. The van der Waals surface area contributed by atoms with E-state index in [9.17, 15) is 29.7 Å². The number of hydrogen-bond acceptors (Lipinski definition) is 9. The third-order valence-electron chi connectivity index (χ3n) is 5.15. The number of aliphatic hydroxyl groups is 3. The van der Waals surface area contributed by atoms with Gasteiger partial charge in [-0.1, -0.05) is 54.6 Å². The van der Waals surface area contributed by atoms with Gasteiger partial charge in [-0.2, -0.15) is 0 Å². The van der Waals surface area contributed by atoms with E-state index in [-0.39, 0.29) is 16.7 Å². The lowest BCUT2D eigenvalue weighted by molar-refractivity contribution is -0.130. The van der Waals surface area contributed by atoms with Gasteiger partial charge in [0, 0.05) is 0 Å². The van der Waals surface area contributed by atoms with Crippen molar-refractivity contribution in [2.75, 3.05) is 13.2 Å². The first-order valence-corrected chi connectivity index (χ1v) is 11.1. The number of rotatable bonds is 11. The van der Waals surface area contributed by atoms with Crippen molar-refractivity contribution in [3.63, 3.8) is 0 Å². The van der Waals surface area contributed by atoms with E-state index in [4.69, 9.17) is 14.2 Å². The lowest BCUT2D eigenvalue weighted by atomic mass is 10.0. The molecule has 0 unspecified atom stereocenters. The molecular formula is C27H26O9. The van der Waals surface area contributed by atoms with Gasteiger partial charge in [0.05, 0.1) is 16.7 Å². The van der Waals surface area contributed by atoms with Gasteiger partial charge in [-0.15, -0.1) is 0 Å². The number of esters is 3. The van der Waals surface area contributed by atoms with Crippen LogP contribution in [0.15, 0.2) is 91.0 Å². The first kappa shape index (κ1) is 26.6. The normalized spacial score (nSPS) is 14.1. The van der Waals surface area contributed by atoms with Crippen molar-refractivity contribution in [2.45, 2.75) is 24.4 Å². The van der Waals surface area contributed by atoms with Crippen LogP contribution in [0.25, 0.3) is 0 Å². The molecule has 188 valence electrons. The molecule has 0 aromatic heterocycles.